The smallest absolute Gasteiger partial charge is 0.408 e. The zero-order valence-electron chi connectivity index (χ0n) is 20.9. The van der Waals surface area contributed by atoms with Gasteiger partial charge in [0.25, 0.3) is 0 Å². The molecule has 1 N–H and O–H groups in total. The number of carbonyl (C=O) groups excluding carboxylic acids is 3. The van der Waals surface area contributed by atoms with Crippen molar-refractivity contribution in [1.29, 1.82) is 0 Å². The Hall–Kier alpha value is -4.05. The first-order valence-electron chi connectivity index (χ1n) is 11.7. The highest BCUT2D eigenvalue weighted by Crippen LogP contribution is 2.40. The molecule has 38 heavy (non-hydrogen) atoms. The lowest BCUT2D eigenvalue weighted by Crippen LogP contribution is -2.47. The number of Topliss-reactive ketones (excluding diaryl/α,β-unsaturated/α-hetero) is 1. The molecule has 3 aromatic carbocycles. The summed E-state index contributed by atoms with van der Waals surface area (Å²) in [7, 11) is 4.25. The molecule has 0 saturated carbocycles. The fourth-order valence-electron chi connectivity index (χ4n) is 4.12. The van der Waals surface area contributed by atoms with Gasteiger partial charge in [-0.25, -0.2) is 9.59 Å². The first kappa shape index (κ1) is 27.0. The lowest BCUT2D eigenvalue weighted by atomic mass is 9.93. The first-order chi connectivity index (χ1) is 18.3. The van der Waals surface area contributed by atoms with Gasteiger partial charge < -0.3 is 29.0 Å². The molecule has 0 radical (unpaired) electrons. The standard InChI is InChI=1S/C28H26BrNO8/c1-34-18-10-12-22-19(15-18)24(31)26(25(37-22)17-9-11-23(35-2)20(29)14-17)38-28(33)30-21(27(32)36-3)13-16-7-5-4-6-8-16/h4-12,14-15,21,25-26H,13H2,1-3H3,(H,30,33)/t21-,25+,26-/m0/s1. The van der Waals surface area contributed by atoms with Crippen molar-refractivity contribution in [3.8, 4) is 17.2 Å². The lowest BCUT2D eigenvalue weighted by molar-refractivity contribution is -0.143. The second-order valence-electron chi connectivity index (χ2n) is 8.39. The van der Waals surface area contributed by atoms with Gasteiger partial charge in [0, 0.05) is 6.42 Å². The summed E-state index contributed by atoms with van der Waals surface area (Å²) in [6, 6.07) is 18.1. The maximum absolute atomic E-state index is 13.6. The van der Waals surface area contributed by atoms with Crippen LogP contribution in [0.3, 0.4) is 0 Å². The van der Waals surface area contributed by atoms with Gasteiger partial charge in [0.1, 0.15) is 23.3 Å². The molecule has 0 aliphatic carbocycles. The van der Waals surface area contributed by atoms with Crippen molar-refractivity contribution in [2.75, 3.05) is 21.3 Å². The highest BCUT2D eigenvalue weighted by molar-refractivity contribution is 9.10. The third kappa shape index (κ3) is 5.91. The maximum atomic E-state index is 13.6. The van der Waals surface area contributed by atoms with Crippen LogP contribution in [0, 0.1) is 0 Å². The van der Waals surface area contributed by atoms with Gasteiger partial charge in [-0.1, -0.05) is 36.4 Å². The van der Waals surface area contributed by atoms with Gasteiger partial charge in [-0.2, -0.15) is 0 Å². The molecule has 0 bridgehead atoms. The molecule has 198 valence electrons. The summed E-state index contributed by atoms with van der Waals surface area (Å²) in [5.74, 6) is 0.225. The van der Waals surface area contributed by atoms with Crippen LogP contribution in [0.4, 0.5) is 4.79 Å². The second kappa shape index (κ2) is 12.0. The van der Waals surface area contributed by atoms with Crippen LogP contribution in [-0.2, 0) is 20.7 Å². The monoisotopic (exact) mass is 583 g/mol. The summed E-state index contributed by atoms with van der Waals surface area (Å²) < 4.78 is 27.8. The minimum Gasteiger partial charge on any atom is -0.497 e. The van der Waals surface area contributed by atoms with Gasteiger partial charge in [0.2, 0.25) is 11.9 Å². The van der Waals surface area contributed by atoms with E-state index in [1.54, 1.807) is 30.3 Å². The molecule has 10 heteroatoms. The van der Waals surface area contributed by atoms with Gasteiger partial charge in [-0.15, -0.1) is 0 Å². The number of methoxy groups -OCH3 is 3. The van der Waals surface area contributed by atoms with Crippen LogP contribution in [0.5, 0.6) is 17.2 Å². The van der Waals surface area contributed by atoms with E-state index in [2.05, 4.69) is 21.2 Å². The molecule has 3 aromatic rings. The van der Waals surface area contributed by atoms with Crippen LogP contribution < -0.4 is 19.5 Å². The van der Waals surface area contributed by atoms with E-state index in [-0.39, 0.29) is 12.0 Å². The summed E-state index contributed by atoms with van der Waals surface area (Å²) in [6.45, 7) is 0. The number of ketones is 1. The molecule has 9 nitrogen and oxygen atoms in total. The first-order valence-corrected chi connectivity index (χ1v) is 12.4. The van der Waals surface area contributed by atoms with E-state index < -0.39 is 36.1 Å². The average molecular weight is 584 g/mol. The number of fused-ring (bicyclic) bond motifs is 1. The van der Waals surface area contributed by atoms with Crippen molar-refractivity contribution in [3.05, 3.63) is 87.9 Å². The van der Waals surface area contributed by atoms with E-state index >= 15 is 0 Å². The topological polar surface area (TPSA) is 109 Å². The second-order valence-corrected chi connectivity index (χ2v) is 9.25. The number of hydrogen-bond donors (Lipinski definition) is 1. The SMILES string of the molecule is COC(=O)[C@H](Cc1ccccc1)NC(=O)O[C@H]1C(=O)c2cc(OC)ccc2O[C@@H]1c1ccc(OC)c(Br)c1. The van der Waals surface area contributed by atoms with Gasteiger partial charge in [0.05, 0.1) is 31.4 Å². The lowest BCUT2D eigenvalue weighted by Gasteiger charge is -2.33. The Morgan fingerprint density at radius 1 is 1.00 bits per heavy atom. The van der Waals surface area contributed by atoms with Crippen LogP contribution in [0.25, 0.3) is 0 Å². The number of esters is 1. The Labute approximate surface area is 228 Å². The third-order valence-electron chi connectivity index (χ3n) is 6.04. The fourth-order valence-corrected chi connectivity index (χ4v) is 4.67. The average Bonchev–Trinajstić information content (AvgIpc) is 2.94. The van der Waals surface area contributed by atoms with Crippen molar-refractivity contribution < 1.29 is 38.1 Å². The van der Waals surface area contributed by atoms with Crippen LogP contribution in [-0.4, -0.2) is 51.3 Å². The summed E-state index contributed by atoms with van der Waals surface area (Å²) in [5.41, 5.74) is 1.58. The van der Waals surface area contributed by atoms with E-state index in [4.69, 9.17) is 23.7 Å². The molecule has 1 amide bonds. The van der Waals surface area contributed by atoms with Crippen LogP contribution in [0.2, 0.25) is 0 Å². The number of ether oxygens (including phenoxy) is 5. The number of halogens is 1. The Morgan fingerprint density at radius 3 is 2.42 bits per heavy atom. The van der Waals surface area contributed by atoms with E-state index in [1.165, 1.54) is 27.4 Å². The minimum atomic E-state index is -1.36. The number of carbonyl (C=O) groups is 3. The zero-order chi connectivity index (χ0) is 27.2. The van der Waals surface area contributed by atoms with E-state index in [1.807, 2.05) is 30.3 Å². The molecule has 1 heterocycles. The molecule has 1 aliphatic heterocycles. The predicted octanol–water partition coefficient (Wildman–Crippen LogP) is 4.66. The normalized spacial score (nSPS) is 16.9. The van der Waals surface area contributed by atoms with Gasteiger partial charge >= 0.3 is 12.1 Å². The van der Waals surface area contributed by atoms with Gasteiger partial charge in [-0.3, -0.25) is 4.79 Å². The Kier molecular flexibility index (Phi) is 8.52. The highest BCUT2D eigenvalue weighted by Gasteiger charge is 2.42. The Bertz CT molecular complexity index is 1330. The molecular formula is C28H26BrNO8. The summed E-state index contributed by atoms with van der Waals surface area (Å²) in [6.07, 6.45) is -3.12. The summed E-state index contributed by atoms with van der Waals surface area (Å²) in [4.78, 5) is 39.1. The van der Waals surface area contributed by atoms with Crippen LogP contribution >= 0.6 is 15.9 Å². The zero-order valence-corrected chi connectivity index (χ0v) is 22.5. The van der Waals surface area contributed by atoms with E-state index in [9.17, 15) is 14.4 Å². The molecule has 0 saturated heterocycles. The van der Waals surface area contributed by atoms with Gasteiger partial charge in [0.15, 0.2) is 6.10 Å². The molecule has 4 rings (SSSR count). The minimum absolute atomic E-state index is 0.173. The Balaban J connectivity index is 1.63. The maximum Gasteiger partial charge on any atom is 0.408 e. The van der Waals surface area contributed by atoms with Crippen molar-refractivity contribution in [2.24, 2.45) is 0 Å². The van der Waals surface area contributed by atoms with Crippen LogP contribution in [0.1, 0.15) is 27.6 Å². The molecule has 3 atom stereocenters. The molecule has 0 unspecified atom stereocenters. The summed E-state index contributed by atoms with van der Waals surface area (Å²) >= 11 is 3.45. The Morgan fingerprint density at radius 2 is 1.76 bits per heavy atom. The number of benzene rings is 3. The van der Waals surface area contributed by atoms with E-state index in [0.717, 1.165) is 5.56 Å². The van der Waals surface area contributed by atoms with Crippen molar-refractivity contribution in [1.82, 2.24) is 5.32 Å². The number of nitrogens with one attached hydrogen (secondary N) is 1. The molecule has 0 fully saturated rings. The van der Waals surface area contributed by atoms with Crippen LogP contribution in [0.15, 0.2) is 71.2 Å². The molecule has 0 spiro atoms. The van der Waals surface area contributed by atoms with Gasteiger partial charge in [-0.05, 0) is 57.4 Å². The number of amides is 1. The number of hydrogen-bond acceptors (Lipinski definition) is 8. The fraction of sp³-hybridized carbons (Fsp3) is 0.250. The molecule has 1 aliphatic rings. The predicted molar refractivity (Wildman–Crippen MR) is 141 cm³/mol. The third-order valence-corrected chi connectivity index (χ3v) is 6.66. The van der Waals surface area contributed by atoms with E-state index in [0.29, 0.717) is 27.3 Å². The number of alkyl carbamates (subject to hydrolysis) is 1. The molecule has 0 aromatic heterocycles. The highest BCUT2D eigenvalue weighted by atomic mass is 79.9. The largest absolute Gasteiger partial charge is 0.497 e. The van der Waals surface area contributed by atoms with Crippen molar-refractivity contribution >= 4 is 33.8 Å². The number of rotatable bonds is 8. The summed E-state index contributed by atoms with van der Waals surface area (Å²) in [5, 5.41) is 2.53. The van der Waals surface area contributed by atoms with Crippen molar-refractivity contribution in [2.45, 2.75) is 24.7 Å². The quantitative estimate of drug-likeness (QED) is 0.381. The molecular weight excluding hydrogens is 558 g/mol. The van der Waals surface area contributed by atoms with Crippen molar-refractivity contribution in [3.63, 3.8) is 0 Å².